The number of aliphatic hydroxyl groups is 1. The average molecular weight is 2200 g/mol. The molecule has 0 bridgehead atoms. The van der Waals surface area contributed by atoms with Crippen molar-refractivity contribution in [1.29, 1.82) is 0 Å². The van der Waals surface area contributed by atoms with Gasteiger partial charge in [-0.2, -0.15) is 0 Å². The zero-order chi connectivity index (χ0) is 108. The van der Waals surface area contributed by atoms with E-state index in [0.717, 1.165) is 96.3 Å². The minimum Gasteiger partial charge on any atom is -0.444 e. The molecule has 796 valence electrons. The van der Waals surface area contributed by atoms with Gasteiger partial charge in [-0.1, -0.05) is 108 Å². The molecule has 6 aromatic carbocycles. The third-order valence-corrected chi connectivity index (χ3v) is 23.5. The SMILES string of the molecule is C.C1CCOC1.CC(C)(C)OC(=O)N[C@@H](Cc1ccc(N)cc1)c1nccs1.CC(C)(C)OC(=O)N[C@@H](Cc1ccc([N+](=O)[O-])cc1)C(N)=S.CC(C)(C)OC(=O)N[C@@H](Cc1ccc([N+](=O)[O-])cc1)c1nccs1.CC(C)(C)OC(=O)N[C@@H](Cc1ccc([N+](=O)[O-])cc1)c1nccs1.CC(C)(C)OC(=O)N[C@H](Cc1ccc([N+](=O)[O-])cc1)c1nccs1.CO.COC(CBr)OC.Nc1ccc(C[C@H](N)c2nccs2)cc1. The van der Waals surface area contributed by atoms with Gasteiger partial charge in [0.2, 0.25) is 0 Å². The molecule has 146 heavy (non-hydrogen) atoms. The topological polar surface area (TPSA) is 581 Å². The highest BCUT2D eigenvalue weighted by molar-refractivity contribution is 9.09. The van der Waals surface area contributed by atoms with E-state index in [2.05, 4.69) is 67.4 Å². The number of nitro benzene ring substituents is 4. The van der Waals surface area contributed by atoms with Gasteiger partial charge < -0.3 is 92.5 Å². The summed E-state index contributed by atoms with van der Waals surface area (Å²) in [5.74, 6) is 0. The lowest BCUT2D eigenvalue weighted by Crippen LogP contribution is -2.46. The van der Waals surface area contributed by atoms with Gasteiger partial charge in [0.05, 0.1) is 66.3 Å². The van der Waals surface area contributed by atoms with Crippen molar-refractivity contribution < 1.29 is 86.7 Å². The first-order valence-electron chi connectivity index (χ1n) is 45.0. The van der Waals surface area contributed by atoms with Crippen LogP contribution in [0.4, 0.5) is 58.1 Å². The van der Waals surface area contributed by atoms with Gasteiger partial charge in [0.15, 0.2) is 6.29 Å². The number of carbonyl (C=O) groups excluding carboxylic acids is 5. The maximum atomic E-state index is 12.1. The van der Waals surface area contributed by atoms with Crippen molar-refractivity contribution in [2.24, 2.45) is 11.5 Å². The number of benzene rings is 6. The lowest BCUT2D eigenvalue weighted by atomic mass is 10.1. The number of halogens is 1. The van der Waals surface area contributed by atoms with Crippen LogP contribution < -0.4 is 49.5 Å². The first-order valence-corrected chi connectivity index (χ1v) is 50.9. The number of thiocarbonyl (C=S) groups is 1. The summed E-state index contributed by atoms with van der Waals surface area (Å²) >= 11 is 15.5. The van der Waals surface area contributed by atoms with Crippen LogP contribution in [0, 0.1) is 40.5 Å². The zero-order valence-electron chi connectivity index (χ0n) is 84.1. The number of aliphatic hydroxyl groups excluding tert-OH is 1. The summed E-state index contributed by atoms with van der Waals surface area (Å²) < 4.78 is 40.9. The zero-order valence-corrected chi connectivity index (χ0v) is 90.6. The first-order chi connectivity index (χ1) is 68.2. The van der Waals surface area contributed by atoms with Gasteiger partial charge in [0.25, 0.3) is 22.7 Å². The molecule has 40 nitrogen and oxygen atoms in total. The van der Waals surface area contributed by atoms with Crippen molar-refractivity contribution in [3.63, 3.8) is 0 Å². The number of ether oxygens (including phenoxy) is 8. The van der Waals surface area contributed by atoms with E-state index in [0.29, 0.717) is 32.1 Å². The van der Waals surface area contributed by atoms with Crippen LogP contribution in [0.5, 0.6) is 0 Å². The number of alkyl carbamates (subject to hydrolysis) is 5. The van der Waals surface area contributed by atoms with Crippen molar-refractivity contribution in [3.8, 4) is 0 Å². The molecule has 1 saturated heterocycles. The second-order valence-corrected chi connectivity index (χ2v) is 41.9. The molecule has 6 heterocycles. The Morgan fingerprint density at radius 2 is 0.603 bits per heavy atom. The highest BCUT2D eigenvalue weighted by Crippen LogP contribution is 2.30. The van der Waals surface area contributed by atoms with Gasteiger partial charge in [-0.25, -0.2) is 48.9 Å². The molecule has 0 unspecified atom stereocenters. The summed E-state index contributed by atoms with van der Waals surface area (Å²) in [5.41, 5.74) is 27.2. The minimum absolute atomic E-state index is 0. The van der Waals surface area contributed by atoms with Gasteiger partial charge in [0, 0.05) is 152 Å². The van der Waals surface area contributed by atoms with Gasteiger partial charge >= 0.3 is 30.5 Å². The highest BCUT2D eigenvalue weighted by Gasteiger charge is 2.30. The molecule has 47 heteroatoms. The van der Waals surface area contributed by atoms with Gasteiger partial charge in [-0.05, 0) is 213 Å². The van der Waals surface area contributed by atoms with Crippen molar-refractivity contribution in [2.75, 3.05) is 51.3 Å². The smallest absolute Gasteiger partial charge is 0.408 e. The molecule has 14 N–H and O–H groups in total. The number of non-ortho nitro benzene ring substituents is 4. The molecular formula is C99H135BrN18O22S6. The molecule has 5 amide bonds. The number of alkyl halides is 1. The summed E-state index contributed by atoms with van der Waals surface area (Å²) in [6.07, 6.45) is 11.5. The van der Waals surface area contributed by atoms with E-state index in [1.807, 2.05) is 96.2 Å². The normalized spacial score (nSPS) is 12.6. The quantitative estimate of drug-likeness (QED) is 0.00380. The molecule has 0 saturated carbocycles. The van der Waals surface area contributed by atoms with Gasteiger partial charge in [-0.3, -0.25) is 40.5 Å². The average Bonchev–Trinajstić information content (AvgIpc) is 1.65. The van der Waals surface area contributed by atoms with Crippen molar-refractivity contribution in [3.05, 3.63) is 302 Å². The van der Waals surface area contributed by atoms with Crippen molar-refractivity contribution >= 4 is 154 Å². The molecule has 1 aliphatic rings. The molecule has 1 aliphatic heterocycles. The second kappa shape index (κ2) is 64.9. The maximum absolute atomic E-state index is 12.1. The van der Waals surface area contributed by atoms with E-state index in [9.17, 15) is 64.4 Å². The Morgan fingerprint density at radius 1 is 0.390 bits per heavy atom. The lowest BCUT2D eigenvalue weighted by Gasteiger charge is -2.23. The fourth-order valence-corrected chi connectivity index (χ4v) is 16.0. The van der Waals surface area contributed by atoms with Crippen LogP contribution in [0.3, 0.4) is 0 Å². The Balaban J connectivity index is 0.000000439. The van der Waals surface area contributed by atoms with Crippen molar-refractivity contribution in [2.45, 2.75) is 233 Å². The number of methoxy groups -OCH3 is 2. The van der Waals surface area contributed by atoms with E-state index in [1.165, 1.54) is 112 Å². The van der Waals surface area contributed by atoms with E-state index in [1.54, 1.807) is 188 Å². The number of nitrogens with zero attached hydrogens (tertiary/aromatic N) is 9. The maximum Gasteiger partial charge on any atom is 0.408 e. The molecule has 0 spiro atoms. The lowest BCUT2D eigenvalue weighted by molar-refractivity contribution is -0.385. The van der Waals surface area contributed by atoms with E-state index in [4.69, 9.17) is 78.2 Å². The molecule has 11 aromatic rings. The Morgan fingerprint density at radius 3 is 0.781 bits per heavy atom. The summed E-state index contributed by atoms with van der Waals surface area (Å²) in [6.45, 7) is 28.9. The number of anilines is 2. The Bertz CT molecular complexity index is 5310. The number of amides is 5. The Kier molecular flexibility index (Phi) is 56.6. The fourth-order valence-electron chi connectivity index (χ4n) is 11.9. The van der Waals surface area contributed by atoms with Crippen LogP contribution in [0.25, 0.3) is 0 Å². The Labute approximate surface area is 884 Å². The Hall–Kier alpha value is -12.8. The molecule has 0 aliphatic carbocycles. The van der Waals surface area contributed by atoms with Crippen LogP contribution in [-0.4, -0.2) is 165 Å². The molecule has 5 aromatic heterocycles. The summed E-state index contributed by atoms with van der Waals surface area (Å²) in [6, 6.07) is 38.2. The number of nitro groups is 4. The number of carbonyl (C=O) groups is 5. The molecule has 6 atom stereocenters. The summed E-state index contributed by atoms with van der Waals surface area (Å²) in [4.78, 5) is 122. The predicted octanol–water partition coefficient (Wildman–Crippen LogP) is 21.4. The van der Waals surface area contributed by atoms with Crippen LogP contribution in [0.1, 0.15) is 213 Å². The molecule has 1 fully saturated rings. The van der Waals surface area contributed by atoms with Gasteiger partial charge in [0.1, 0.15) is 53.0 Å². The minimum atomic E-state index is -0.627. The second-order valence-electron chi connectivity index (χ2n) is 36.1. The third-order valence-electron chi connectivity index (χ3n) is 18.2. The number of nitrogens with one attached hydrogen (secondary N) is 5. The summed E-state index contributed by atoms with van der Waals surface area (Å²) in [7, 11) is 4.21. The number of hydrogen-bond donors (Lipinski definition) is 10. The first kappa shape index (κ1) is 127. The predicted molar refractivity (Wildman–Crippen MR) is 579 cm³/mol. The van der Waals surface area contributed by atoms with Gasteiger partial charge in [-0.15, -0.1) is 56.7 Å². The number of aromatic nitrogens is 5. The standard InChI is InChI=1S/3C16H19N3O4S.C16H21N3O2S.C14H19N3O4S.C11H13N3S.C4H9BrO2.C4H8O.CH4O.CH4/c3*1-16(2,3)23-15(20)18-13(14-17-8-9-24-14)10-11-4-6-12(7-5-11)19(21)22;1-16(2,3)21-15(20)19-13(14-18-8-9-22-14)10-11-4-6-12(17)7-5-11;1-14(2,3)21-13(18)16-11(12(15)22)8-9-4-6-10(7-5-9)17(19)20;12-9-3-1-8(2-4-9)7-10(13)11-14-5-6-15-11;1-6-4(3-5)7-2;1-2-4-5-3-1;1-2;/h3*4-9,13H,10H2,1-3H3,(H,18,20);4-9,13H,10,17H2,1-3H3,(H,19,20);4-7,11H,8H2,1-3H3,(H2,15,22)(H,16,18);1-6,10H,7,12-13H2;4H,3H2,1-2H3;1-4H2;2H,1H3;1H4/t4*13-;11-;10-;;;;/m100000..../s1. The molecule has 0 radical (unpaired) electrons. The number of thiazole rings is 5. The molecule has 12 rings (SSSR count). The van der Waals surface area contributed by atoms with E-state index < -0.39 is 84.2 Å². The van der Waals surface area contributed by atoms with E-state index >= 15 is 0 Å². The number of rotatable bonds is 30. The number of nitrogen functional groups attached to an aromatic ring is 2. The number of nitrogens with two attached hydrogens (primary N) is 4. The molecular weight excluding hydrogens is 2070 g/mol. The van der Waals surface area contributed by atoms with Crippen LogP contribution in [0.2, 0.25) is 0 Å². The van der Waals surface area contributed by atoms with Crippen LogP contribution in [0.15, 0.2) is 203 Å². The van der Waals surface area contributed by atoms with E-state index in [-0.39, 0.29) is 71.7 Å². The third kappa shape index (κ3) is 54.4. The number of hydrogen-bond acceptors (Lipinski definition) is 36. The van der Waals surface area contributed by atoms with Crippen LogP contribution >= 0.6 is 84.8 Å². The largest absolute Gasteiger partial charge is 0.444 e. The van der Waals surface area contributed by atoms with Crippen LogP contribution in [-0.2, 0) is 76.4 Å². The highest BCUT2D eigenvalue weighted by atomic mass is 79.9. The summed E-state index contributed by atoms with van der Waals surface area (Å²) in [5, 5.41) is 77.8. The monoisotopic (exact) mass is 2200 g/mol. The fraction of sp³-hybridized carbons (Fsp3) is 0.424. The van der Waals surface area contributed by atoms with Crippen molar-refractivity contribution in [1.82, 2.24) is 51.5 Å².